The number of benzene rings is 3. The van der Waals surface area contributed by atoms with Crippen molar-refractivity contribution in [2.75, 3.05) is 49.2 Å². The van der Waals surface area contributed by atoms with E-state index in [1.807, 2.05) is 54.6 Å². The number of ether oxygens (including phenoxy) is 3. The van der Waals surface area contributed by atoms with E-state index in [0.717, 1.165) is 55.4 Å². The Kier molecular flexibility index (Phi) is 9.36. The second-order valence-electron chi connectivity index (χ2n) is 13.5. The van der Waals surface area contributed by atoms with Gasteiger partial charge in [0.1, 0.15) is 31.3 Å². The van der Waals surface area contributed by atoms with E-state index in [2.05, 4.69) is 49.4 Å². The average Bonchev–Trinajstić information content (AvgIpc) is 3.94. The standard InChI is InChI=1S/C38H44N8O4/c47-37-44(29-41-45(37)25-30-7-3-1-4-8-30)34-13-11-32(12-14-34)42-21-23-43(24-22-42)33-15-17-35(18-16-33)48-26-36-27-49-38(50-36,28-46-39-19-20-40-46)31-9-5-2-6-10-31/h2,5-6,9-20,29-30,36H,1,3-4,7-8,21-28H2/t36-,38-/m1/s1. The number of nitrogens with zero attached hydrogens (tertiary/aromatic N) is 8. The van der Waals surface area contributed by atoms with E-state index in [-0.39, 0.29) is 11.8 Å². The normalized spacial score (nSPS) is 21.5. The van der Waals surface area contributed by atoms with Crippen LogP contribution in [-0.4, -0.2) is 74.8 Å². The third-order valence-corrected chi connectivity index (χ3v) is 10.2. The second-order valence-corrected chi connectivity index (χ2v) is 13.5. The molecule has 3 fully saturated rings. The largest absolute Gasteiger partial charge is 0.491 e. The Morgan fingerprint density at radius 2 is 1.40 bits per heavy atom. The van der Waals surface area contributed by atoms with E-state index >= 15 is 0 Å². The first-order valence-corrected chi connectivity index (χ1v) is 17.8. The van der Waals surface area contributed by atoms with Gasteiger partial charge in [-0.1, -0.05) is 49.6 Å². The minimum Gasteiger partial charge on any atom is -0.491 e. The third kappa shape index (κ3) is 7.03. The lowest BCUT2D eigenvalue weighted by atomic mass is 9.89. The monoisotopic (exact) mass is 676 g/mol. The highest BCUT2D eigenvalue weighted by Crippen LogP contribution is 2.36. The minimum atomic E-state index is -0.972. The van der Waals surface area contributed by atoms with Gasteiger partial charge in [-0.25, -0.2) is 14.0 Å². The van der Waals surface area contributed by atoms with Crippen LogP contribution in [0.15, 0.2) is 102 Å². The quantitative estimate of drug-likeness (QED) is 0.194. The maximum Gasteiger partial charge on any atom is 0.350 e. The van der Waals surface area contributed by atoms with Crippen LogP contribution in [0.3, 0.4) is 0 Å². The van der Waals surface area contributed by atoms with Gasteiger partial charge in [0.05, 0.1) is 24.7 Å². The van der Waals surface area contributed by atoms with Crippen molar-refractivity contribution in [3.63, 3.8) is 0 Å². The number of hydrogen-bond donors (Lipinski definition) is 0. The average molecular weight is 677 g/mol. The summed E-state index contributed by atoms with van der Waals surface area (Å²) in [7, 11) is 0. The topological polar surface area (TPSA) is 105 Å². The summed E-state index contributed by atoms with van der Waals surface area (Å²) in [6.07, 6.45) is 10.9. The molecule has 260 valence electrons. The molecule has 1 aliphatic carbocycles. The van der Waals surface area contributed by atoms with Gasteiger partial charge in [0.25, 0.3) is 0 Å². The zero-order chi connectivity index (χ0) is 33.8. The van der Waals surface area contributed by atoms with E-state index < -0.39 is 5.79 Å². The summed E-state index contributed by atoms with van der Waals surface area (Å²) in [6, 6.07) is 26.5. The van der Waals surface area contributed by atoms with Gasteiger partial charge in [0, 0.05) is 49.7 Å². The molecule has 50 heavy (non-hydrogen) atoms. The molecule has 12 heteroatoms. The van der Waals surface area contributed by atoms with Crippen LogP contribution < -0.4 is 20.2 Å². The van der Waals surface area contributed by atoms with Crippen molar-refractivity contribution in [2.45, 2.75) is 57.1 Å². The fourth-order valence-corrected chi connectivity index (χ4v) is 7.42. The Morgan fingerprint density at radius 3 is 2.08 bits per heavy atom. The van der Waals surface area contributed by atoms with Crippen LogP contribution in [0.25, 0.3) is 5.69 Å². The van der Waals surface area contributed by atoms with Gasteiger partial charge in [-0.2, -0.15) is 20.1 Å². The predicted octanol–water partition coefficient (Wildman–Crippen LogP) is 4.88. The Bertz CT molecular complexity index is 1860. The first-order valence-electron chi connectivity index (χ1n) is 17.8. The highest BCUT2D eigenvalue weighted by Gasteiger charge is 2.44. The molecule has 0 spiro atoms. The van der Waals surface area contributed by atoms with E-state index in [1.54, 1.807) is 32.8 Å². The van der Waals surface area contributed by atoms with E-state index in [4.69, 9.17) is 14.2 Å². The molecule has 0 N–H and O–H groups in total. The first-order chi connectivity index (χ1) is 24.6. The molecule has 2 aliphatic heterocycles. The molecular formula is C38H44N8O4. The summed E-state index contributed by atoms with van der Waals surface area (Å²) in [4.78, 5) is 19.5. The summed E-state index contributed by atoms with van der Waals surface area (Å²) >= 11 is 0. The van der Waals surface area contributed by atoms with Crippen LogP contribution in [0, 0.1) is 5.92 Å². The fourth-order valence-electron chi connectivity index (χ4n) is 7.42. The summed E-state index contributed by atoms with van der Waals surface area (Å²) in [6.45, 7) is 5.49. The molecule has 0 bridgehead atoms. The van der Waals surface area contributed by atoms with Crippen LogP contribution in [0.4, 0.5) is 11.4 Å². The predicted molar refractivity (Wildman–Crippen MR) is 190 cm³/mol. The van der Waals surface area contributed by atoms with E-state index in [1.165, 1.54) is 37.8 Å². The van der Waals surface area contributed by atoms with Crippen LogP contribution in [0.1, 0.15) is 37.7 Å². The number of piperazine rings is 1. The van der Waals surface area contributed by atoms with Gasteiger partial charge >= 0.3 is 5.69 Å². The molecule has 2 saturated heterocycles. The Morgan fingerprint density at radius 1 is 0.760 bits per heavy atom. The SMILES string of the molecule is O=c1n(-c2ccc(N3CCN(c4ccc(OC[C@@H]5CO[C@@](Cn6nccn6)(c6ccccc6)O5)cc4)CC3)cc2)cnn1CC1CCCCC1. The van der Waals surface area contributed by atoms with Gasteiger partial charge in [0.15, 0.2) is 0 Å². The molecule has 2 atom stereocenters. The lowest BCUT2D eigenvalue weighted by Crippen LogP contribution is -2.46. The van der Waals surface area contributed by atoms with Crippen LogP contribution >= 0.6 is 0 Å². The Balaban J connectivity index is 0.824. The molecule has 4 heterocycles. The van der Waals surface area contributed by atoms with Gasteiger partial charge in [-0.05, 0) is 67.3 Å². The van der Waals surface area contributed by atoms with Crippen molar-refractivity contribution in [3.05, 3.63) is 114 Å². The molecule has 1 saturated carbocycles. The summed E-state index contributed by atoms with van der Waals surface area (Å²) in [5.74, 6) is 0.379. The van der Waals surface area contributed by atoms with Gasteiger partial charge in [-0.15, -0.1) is 0 Å². The second kappa shape index (κ2) is 14.5. The Hall–Kier alpha value is -4.94. The zero-order valence-electron chi connectivity index (χ0n) is 28.3. The maximum absolute atomic E-state index is 13.1. The molecule has 5 aromatic rings. The van der Waals surface area contributed by atoms with Crippen molar-refractivity contribution >= 4 is 11.4 Å². The number of aromatic nitrogens is 6. The van der Waals surface area contributed by atoms with Crippen molar-refractivity contribution in [1.82, 2.24) is 29.3 Å². The highest BCUT2D eigenvalue weighted by atomic mass is 16.8. The lowest BCUT2D eigenvalue weighted by Gasteiger charge is -2.37. The molecule has 3 aliphatic rings. The van der Waals surface area contributed by atoms with E-state index in [9.17, 15) is 4.79 Å². The number of rotatable bonds is 11. The molecule has 3 aromatic carbocycles. The van der Waals surface area contributed by atoms with Crippen molar-refractivity contribution < 1.29 is 14.2 Å². The van der Waals surface area contributed by atoms with Gasteiger partial charge < -0.3 is 24.0 Å². The van der Waals surface area contributed by atoms with Crippen molar-refractivity contribution in [2.24, 2.45) is 5.92 Å². The summed E-state index contributed by atoms with van der Waals surface area (Å²) in [5, 5.41) is 12.9. The smallest absolute Gasteiger partial charge is 0.350 e. The van der Waals surface area contributed by atoms with Crippen LogP contribution in [0.2, 0.25) is 0 Å². The van der Waals surface area contributed by atoms with Crippen LogP contribution in [0.5, 0.6) is 5.75 Å². The minimum absolute atomic E-state index is 0.0569. The first kappa shape index (κ1) is 32.3. The fraction of sp³-hybridized carbons (Fsp3) is 0.421. The summed E-state index contributed by atoms with van der Waals surface area (Å²) in [5.41, 5.74) is 4.05. The molecule has 2 aromatic heterocycles. The van der Waals surface area contributed by atoms with Crippen molar-refractivity contribution in [1.29, 1.82) is 0 Å². The van der Waals surface area contributed by atoms with Crippen LogP contribution in [-0.2, 0) is 28.4 Å². The zero-order valence-corrected chi connectivity index (χ0v) is 28.3. The molecule has 12 nitrogen and oxygen atoms in total. The molecular weight excluding hydrogens is 632 g/mol. The molecule has 0 unspecified atom stereocenters. The lowest BCUT2D eigenvalue weighted by molar-refractivity contribution is -0.192. The highest BCUT2D eigenvalue weighted by molar-refractivity contribution is 5.54. The van der Waals surface area contributed by atoms with E-state index in [0.29, 0.717) is 25.7 Å². The molecule has 0 amide bonds. The maximum atomic E-state index is 13.1. The van der Waals surface area contributed by atoms with Gasteiger partial charge in [0.2, 0.25) is 5.79 Å². The van der Waals surface area contributed by atoms with Gasteiger partial charge in [-0.3, -0.25) is 0 Å². The number of hydrogen-bond acceptors (Lipinski definition) is 9. The molecule has 8 rings (SSSR count). The third-order valence-electron chi connectivity index (χ3n) is 10.2. The number of anilines is 2. The summed E-state index contributed by atoms with van der Waals surface area (Å²) < 4.78 is 22.2. The molecule has 0 radical (unpaired) electrons. The Labute approximate surface area is 291 Å². The van der Waals surface area contributed by atoms with Crippen molar-refractivity contribution in [3.8, 4) is 11.4 Å².